The van der Waals surface area contributed by atoms with Gasteiger partial charge in [0.25, 0.3) is 5.84 Å². The maximum Gasteiger partial charge on any atom is 0.342 e. The van der Waals surface area contributed by atoms with E-state index in [9.17, 15) is 14.9 Å². The van der Waals surface area contributed by atoms with Crippen LogP contribution in [0.25, 0.3) is 0 Å². The Hall–Kier alpha value is -2.19. The highest BCUT2D eigenvalue weighted by Gasteiger charge is 2.97. The van der Waals surface area contributed by atoms with Crippen LogP contribution in [0.3, 0.4) is 0 Å². The summed E-state index contributed by atoms with van der Waals surface area (Å²) in [5.41, 5.74) is 2.98. The first-order valence-corrected chi connectivity index (χ1v) is 7.08. The predicted molar refractivity (Wildman–Crippen MR) is 77.1 cm³/mol. The fourth-order valence-electron chi connectivity index (χ4n) is 3.83. The summed E-state index contributed by atoms with van der Waals surface area (Å²) in [4.78, 5) is 2.73. The zero-order valence-electron chi connectivity index (χ0n) is 12.4. The Bertz CT molecular complexity index is 790. The first kappa shape index (κ1) is 15.7. The number of rotatable bonds is 3. The summed E-state index contributed by atoms with van der Waals surface area (Å²) in [6, 6.07) is 8.28. The monoisotopic (exact) mass is 335 g/mol. The highest BCUT2D eigenvalue weighted by atomic mass is 35.5. The zero-order valence-corrected chi connectivity index (χ0v) is 13.1. The summed E-state index contributed by atoms with van der Waals surface area (Å²) < 4.78 is 25.1. The molecule has 1 aliphatic carbocycles. The molecule has 23 heavy (non-hydrogen) atoms. The van der Waals surface area contributed by atoms with Gasteiger partial charge < -0.3 is 9.47 Å². The Morgan fingerprint density at radius 3 is 2.43 bits per heavy atom. The zero-order chi connectivity index (χ0) is 17.0. The van der Waals surface area contributed by atoms with Crippen LogP contribution in [0.2, 0.25) is 5.02 Å². The molecule has 2 aliphatic rings. The third-order valence-corrected chi connectivity index (χ3v) is 5.19. The maximum atomic E-state index is 14.4. The number of nitrogens with one attached hydrogen (secondary N) is 1. The van der Waals surface area contributed by atoms with Gasteiger partial charge >= 0.3 is 5.91 Å². The van der Waals surface area contributed by atoms with Crippen LogP contribution in [-0.4, -0.2) is 26.0 Å². The Balaban J connectivity index is 2.33. The van der Waals surface area contributed by atoms with E-state index in [1.165, 1.54) is 32.4 Å². The standard InChI is InChI=1S/C15H12ClFN4O2/c1-22-15(23-2)14(7-19)11(13(14,6-18)12(20)21-15)10-8(16)4-3-5-9(10)17/h3-5,11H,1-2H3,(H2,20,21)/p+1/t11-,13+,14+/m0/s1. The van der Waals surface area contributed by atoms with Crippen LogP contribution in [0, 0.1) is 39.3 Å². The number of methoxy groups -OCH3 is 2. The predicted octanol–water partition coefficient (Wildman–Crippen LogP) is -0.00574. The Kier molecular flexibility index (Phi) is 3.18. The molecule has 1 aliphatic heterocycles. The van der Waals surface area contributed by atoms with Gasteiger partial charge in [-0.05, 0) is 12.1 Å². The van der Waals surface area contributed by atoms with Crippen LogP contribution in [0.1, 0.15) is 11.5 Å². The topological polar surface area (TPSA) is 106 Å². The van der Waals surface area contributed by atoms with Gasteiger partial charge in [0.1, 0.15) is 5.82 Å². The highest BCUT2D eigenvalue weighted by Crippen LogP contribution is 2.79. The molecular weight excluding hydrogens is 323 g/mol. The van der Waals surface area contributed by atoms with Crippen LogP contribution in [0.4, 0.5) is 4.39 Å². The summed E-state index contributed by atoms with van der Waals surface area (Å²) in [5.74, 6) is -3.21. The summed E-state index contributed by atoms with van der Waals surface area (Å²) in [6.07, 6.45) is 0. The molecule has 118 valence electrons. The number of fused-ring (bicyclic) bond motifs is 1. The second-order valence-electron chi connectivity index (χ2n) is 5.47. The first-order chi connectivity index (χ1) is 10.9. The van der Waals surface area contributed by atoms with Gasteiger partial charge in [-0.2, -0.15) is 10.5 Å². The Morgan fingerprint density at radius 2 is 1.96 bits per heavy atom. The van der Waals surface area contributed by atoms with E-state index in [0.717, 1.165) is 0 Å². The van der Waals surface area contributed by atoms with E-state index in [0.29, 0.717) is 0 Å². The number of nitrogens with two attached hydrogens (primary N) is 1. The minimum Gasteiger partial charge on any atom is -0.317 e. The van der Waals surface area contributed by atoms with Crippen LogP contribution in [-0.2, 0) is 9.47 Å². The van der Waals surface area contributed by atoms with E-state index in [2.05, 4.69) is 11.1 Å². The van der Waals surface area contributed by atoms with Crippen molar-refractivity contribution >= 4 is 17.4 Å². The molecule has 0 aromatic heterocycles. The molecule has 1 fully saturated rings. The lowest BCUT2D eigenvalue weighted by Gasteiger charge is -2.27. The van der Waals surface area contributed by atoms with Crippen LogP contribution >= 0.6 is 11.6 Å². The molecule has 1 aromatic rings. The average molecular weight is 336 g/mol. The molecular formula is C15H13ClFN4O2+. The SMILES string of the molecule is COC1(OC)[NH+]=C(N)[C@@]2(C#N)[C@H](c3c(F)cccc3Cl)[C@@]12C#N. The summed E-state index contributed by atoms with van der Waals surface area (Å²) in [7, 11) is 2.63. The van der Waals surface area contributed by atoms with E-state index >= 15 is 0 Å². The molecule has 0 radical (unpaired) electrons. The van der Waals surface area contributed by atoms with Crippen LogP contribution < -0.4 is 10.7 Å². The third-order valence-electron chi connectivity index (χ3n) is 4.86. The number of hydrogen-bond donors (Lipinski definition) is 2. The first-order valence-electron chi connectivity index (χ1n) is 6.70. The molecule has 6 nitrogen and oxygen atoms in total. The minimum absolute atomic E-state index is 0.00503. The largest absolute Gasteiger partial charge is 0.342 e. The molecule has 8 heteroatoms. The molecule has 0 spiro atoms. The van der Waals surface area contributed by atoms with Crippen LogP contribution in [0.5, 0.6) is 0 Å². The van der Waals surface area contributed by atoms with Crippen molar-refractivity contribution in [3.8, 4) is 12.1 Å². The van der Waals surface area contributed by atoms with E-state index in [1.807, 2.05) is 6.07 Å². The van der Waals surface area contributed by atoms with Gasteiger partial charge in [0, 0.05) is 24.8 Å². The minimum atomic E-state index is -1.67. The van der Waals surface area contributed by atoms with E-state index < -0.39 is 28.5 Å². The van der Waals surface area contributed by atoms with Crippen molar-refractivity contribution in [2.24, 2.45) is 16.6 Å². The number of hydrogen-bond acceptors (Lipinski definition) is 5. The second-order valence-corrected chi connectivity index (χ2v) is 5.88. The number of benzene rings is 1. The lowest BCUT2D eigenvalue weighted by molar-refractivity contribution is -0.687. The Morgan fingerprint density at radius 1 is 1.30 bits per heavy atom. The normalized spacial score (nSPS) is 33.3. The number of nitrogens with zero attached hydrogens (tertiary/aromatic N) is 2. The van der Waals surface area contributed by atoms with Gasteiger partial charge in [-0.3, -0.25) is 5.73 Å². The molecule has 3 atom stereocenters. The van der Waals surface area contributed by atoms with E-state index in [-0.39, 0.29) is 16.4 Å². The van der Waals surface area contributed by atoms with Gasteiger partial charge in [0.05, 0.1) is 18.1 Å². The molecule has 3 N–H and O–H groups in total. The van der Waals surface area contributed by atoms with Crippen molar-refractivity contribution < 1.29 is 18.9 Å². The molecule has 0 bridgehead atoms. The summed E-state index contributed by atoms with van der Waals surface area (Å²) in [6.45, 7) is 0. The number of halogens is 2. The molecule has 1 aromatic carbocycles. The average Bonchev–Trinajstić information content (AvgIpc) is 3.09. The van der Waals surface area contributed by atoms with E-state index in [4.69, 9.17) is 26.8 Å². The summed E-state index contributed by atoms with van der Waals surface area (Å²) >= 11 is 6.13. The van der Waals surface area contributed by atoms with Crippen molar-refractivity contribution in [2.45, 2.75) is 11.8 Å². The molecule has 1 saturated carbocycles. The van der Waals surface area contributed by atoms with Gasteiger partial charge in [-0.15, -0.1) is 0 Å². The smallest absolute Gasteiger partial charge is 0.317 e. The highest BCUT2D eigenvalue weighted by molar-refractivity contribution is 6.31. The quantitative estimate of drug-likeness (QED) is 0.756. The number of ether oxygens (including phenoxy) is 2. The van der Waals surface area contributed by atoms with Crippen molar-refractivity contribution in [2.75, 3.05) is 14.2 Å². The number of nitriles is 2. The van der Waals surface area contributed by atoms with Crippen molar-refractivity contribution in [1.82, 2.24) is 0 Å². The lowest BCUT2D eigenvalue weighted by Crippen LogP contribution is -2.90. The van der Waals surface area contributed by atoms with Gasteiger partial charge in [-0.1, -0.05) is 17.7 Å². The molecule has 3 rings (SSSR count). The van der Waals surface area contributed by atoms with Crippen molar-refractivity contribution in [1.29, 1.82) is 10.5 Å². The van der Waals surface area contributed by atoms with Crippen molar-refractivity contribution in [3.63, 3.8) is 0 Å². The second kappa shape index (κ2) is 4.65. The number of amidine groups is 1. The van der Waals surface area contributed by atoms with Gasteiger partial charge in [-0.25, -0.2) is 9.38 Å². The maximum absolute atomic E-state index is 14.4. The van der Waals surface area contributed by atoms with Gasteiger partial charge in [0.15, 0.2) is 10.8 Å². The van der Waals surface area contributed by atoms with Gasteiger partial charge in [0.2, 0.25) is 0 Å². The Labute approximate surface area is 136 Å². The van der Waals surface area contributed by atoms with Crippen molar-refractivity contribution in [3.05, 3.63) is 34.6 Å². The molecule has 0 unspecified atom stereocenters. The van der Waals surface area contributed by atoms with Crippen LogP contribution in [0.15, 0.2) is 18.2 Å². The fraction of sp³-hybridized carbons (Fsp3) is 0.400. The molecule has 1 heterocycles. The molecule has 0 amide bonds. The fourth-order valence-corrected chi connectivity index (χ4v) is 4.10. The van der Waals surface area contributed by atoms with E-state index in [1.54, 1.807) is 0 Å². The third kappa shape index (κ3) is 1.41. The molecule has 0 saturated heterocycles. The lowest BCUT2D eigenvalue weighted by atomic mass is 9.93. The summed E-state index contributed by atoms with van der Waals surface area (Å²) in [5, 5.41) is 19.7.